The lowest BCUT2D eigenvalue weighted by molar-refractivity contribution is 0.527. The van der Waals surface area contributed by atoms with Crippen LogP contribution in [0, 0.1) is 6.92 Å². The van der Waals surface area contributed by atoms with Gasteiger partial charge in [-0.1, -0.05) is 6.07 Å². The maximum Gasteiger partial charge on any atom is 0.301 e. The lowest BCUT2D eigenvalue weighted by Gasteiger charge is -2.21. The molecule has 1 aromatic rings. The topological polar surface area (TPSA) is 52.7 Å². The minimum atomic E-state index is -3.45. The molecule has 0 amide bonds. The molecule has 1 saturated heterocycles. The molecular formula is C13H21N3O2S. The monoisotopic (exact) mass is 283 g/mol. The van der Waals surface area contributed by atoms with Gasteiger partial charge in [0.15, 0.2) is 0 Å². The number of benzene rings is 1. The molecule has 1 aliphatic heterocycles. The molecule has 1 aliphatic rings. The Morgan fingerprint density at radius 3 is 2.42 bits per heavy atom. The molecule has 1 heterocycles. The van der Waals surface area contributed by atoms with Crippen LogP contribution in [0.2, 0.25) is 0 Å². The van der Waals surface area contributed by atoms with Crippen molar-refractivity contribution >= 4 is 21.6 Å². The van der Waals surface area contributed by atoms with Gasteiger partial charge in [-0.25, -0.2) is 0 Å². The first-order valence-corrected chi connectivity index (χ1v) is 7.90. The van der Waals surface area contributed by atoms with E-state index in [1.807, 2.05) is 25.1 Å². The van der Waals surface area contributed by atoms with Crippen molar-refractivity contribution in [2.75, 3.05) is 36.8 Å². The molecule has 106 valence electrons. The molecule has 2 rings (SSSR count). The third kappa shape index (κ3) is 3.19. The Labute approximate surface area is 115 Å². The first kappa shape index (κ1) is 14.1. The van der Waals surface area contributed by atoms with Gasteiger partial charge < -0.3 is 4.90 Å². The summed E-state index contributed by atoms with van der Waals surface area (Å²) in [6.07, 6.45) is 2.40. The molecule has 6 heteroatoms. The second kappa shape index (κ2) is 5.38. The molecule has 0 unspecified atom stereocenters. The van der Waals surface area contributed by atoms with E-state index in [9.17, 15) is 8.42 Å². The molecule has 5 nitrogen and oxygen atoms in total. The highest BCUT2D eigenvalue weighted by atomic mass is 32.2. The van der Waals surface area contributed by atoms with Gasteiger partial charge in [-0.2, -0.15) is 12.7 Å². The zero-order valence-corrected chi connectivity index (χ0v) is 12.5. The number of hydrogen-bond acceptors (Lipinski definition) is 3. The highest BCUT2D eigenvalue weighted by Crippen LogP contribution is 2.26. The molecular weight excluding hydrogens is 262 g/mol. The summed E-state index contributed by atoms with van der Waals surface area (Å²) in [4.78, 5) is 2.28. The highest BCUT2D eigenvalue weighted by molar-refractivity contribution is 7.90. The van der Waals surface area contributed by atoms with Gasteiger partial charge in [0.25, 0.3) is 0 Å². The average Bonchev–Trinajstić information content (AvgIpc) is 2.85. The van der Waals surface area contributed by atoms with Gasteiger partial charge in [-0.15, -0.1) is 0 Å². The summed E-state index contributed by atoms with van der Waals surface area (Å²) >= 11 is 0. The Hall–Kier alpha value is -1.27. The van der Waals surface area contributed by atoms with Gasteiger partial charge in [-0.3, -0.25) is 4.72 Å². The zero-order chi connectivity index (χ0) is 14.0. The summed E-state index contributed by atoms with van der Waals surface area (Å²) in [7, 11) is -0.417. The third-order valence-corrected chi connectivity index (χ3v) is 4.85. The van der Waals surface area contributed by atoms with Crippen LogP contribution in [0.3, 0.4) is 0 Å². The lowest BCUT2D eigenvalue weighted by atomic mass is 10.2. The Bertz CT molecular complexity index is 549. The maximum absolute atomic E-state index is 11.9. The minimum Gasteiger partial charge on any atom is -0.371 e. The van der Waals surface area contributed by atoms with Gasteiger partial charge in [0.05, 0.1) is 5.69 Å². The Morgan fingerprint density at radius 2 is 1.84 bits per heavy atom. The second-order valence-electron chi connectivity index (χ2n) is 5.08. The van der Waals surface area contributed by atoms with E-state index in [0.29, 0.717) is 5.69 Å². The van der Waals surface area contributed by atoms with E-state index < -0.39 is 10.2 Å². The Kier molecular flexibility index (Phi) is 4.01. The molecule has 1 aromatic carbocycles. The number of nitrogens with one attached hydrogen (secondary N) is 1. The third-order valence-electron chi connectivity index (χ3n) is 3.41. The van der Waals surface area contributed by atoms with Crippen LogP contribution in [0.1, 0.15) is 18.4 Å². The van der Waals surface area contributed by atoms with Crippen LogP contribution >= 0.6 is 0 Å². The van der Waals surface area contributed by atoms with E-state index in [0.717, 1.165) is 24.3 Å². The first-order chi connectivity index (χ1) is 8.90. The fraction of sp³-hybridized carbons (Fsp3) is 0.538. The van der Waals surface area contributed by atoms with Crippen molar-refractivity contribution in [3.8, 4) is 0 Å². The normalized spacial score (nSPS) is 16.1. The SMILES string of the molecule is Cc1ccc(N2CCCC2)cc1NS(=O)(=O)N(C)C. The minimum absolute atomic E-state index is 0.651. The number of anilines is 2. The molecule has 19 heavy (non-hydrogen) atoms. The molecule has 0 atom stereocenters. The fourth-order valence-electron chi connectivity index (χ4n) is 2.12. The van der Waals surface area contributed by atoms with Crippen molar-refractivity contribution in [3.63, 3.8) is 0 Å². The van der Waals surface area contributed by atoms with E-state index >= 15 is 0 Å². The van der Waals surface area contributed by atoms with Crippen molar-refractivity contribution in [3.05, 3.63) is 23.8 Å². The van der Waals surface area contributed by atoms with Gasteiger partial charge in [-0.05, 0) is 37.5 Å². The van der Waals surface area contributed by atoms with E-state index in [1.165, 1.54) is 31.2 Å². The largest absolute Gasteiger partial charge is 0.371 e. The standard InChI is InChI=1S/C13H21N3O2S/c1-11-6-7-12(16-8-4-5-9-16)10-13(11)14-19(17,18)15(2)3/h6-7,10,14H,4-5,8-9H2,1-3H3. The summed E-state index contributed by atoms with van der Waals surface area (Å²) < 4.78 is 27.6. The first-order valence-electron chi connectivity index (χ1n) is 6.46. The molecule has 0 spiro atoms. The molecule has 0 bridgehead atoms. The second-order valence-corrected chi connectivity index (χ2v) is 6.97. The summed E-state index contributed by atoms with van der Waals surface area (Å²) in [6, 6.07) is 5.93. The van der Waals surface area contributed by atoms with E-state index in [-0.39, 0.29) is 0 Å². The van der Waals surface area contributed by atoms with Gasteiger partial charge in [0, 0.05) is 32.9 Å². The zero-order valence-electron chi connectivity index (χ0n) is 11.7. The molecule has 0 radical (unpaired) electrons. The molecule has 0 aliphatic carbocycles. The highest BCUT2D eigenvalue weighted by Gasteiger charge is 2.17. The van der Waals surface area contributed by atoms with Crippen LogP contribution in [0.5, 0.6) is 0 Å². The van der Waals surface area contributed by atoms with Crippen molar-refractivity contribution in [1.82, 2.24) is 4.31 Å². The maximum atomic E-state index is 11.9. The van der Waals surface area contributed by atoms with Crippen LogP contribution in [0.4, 0.5) is 11.4 Å². The molecule has 1 N–H and O–H groups in total. The van der Waals surface area contributed by atoms with Crippen molar-refractivity contribution in [2.24, 2.45) is 0 Å². The van der Waals surface area contributed by atoms with Crippen molar-refractivity contribution in [2.45, 2.75) is 19.8 Å². The fourth-order valence-corrected chi connectivity index (χ4v) is 2.80. The average molecular weight is 283 g/mol. The van der Waals surface area contributed by atoms with E-state index in [2.05, 4.69) is 9.62 Å². The summed E-state index contributed by atoms with van der Waals surface area (Å²) in [5.74, 6) is 0. The Morgan fingerprint density at radius 1 is 1.21 bits per heavy atom. The van der Waals surface area contributed by atoms with E-state index in [4.69, 9.17) is 0 Å². The van der Waals surface area contributed by atoms with Crippen LogP contribution in [-0.4, -0.2) is 39.9 Å². The smallest absolute Gasteiger partial charge is 0.301 e. The summed E-state index contributed by atoms with van der Waals surface area (Å²) in [5, 5.41) is 0. The van der Waals surface area contributed by atoms with Crippen LogP contribution < -0.4 is 9.62 Å². The number of rotatable bonds is 4. The molecule has 0 saturated carbocycles. The number of aryl methyl sites for hydroxylation is 1. The van der Waals surface area contributed by atoms with Gasteiger partial charge in [0.2, 0.25) is 0 Å². The number of nitrogens with zero attached hydrogens (tertiary/aromatic N) is 2. The van der Waals surface area contributed by atoms with Crippen LogP contribution in [0.15, 0.2) is 18.2 Å². The van der Waals surface area contributed by atoms with Crippen LogP contribution in [-0.2, 0) is 10.2 Å². The number of hydrogen-bond donors (Lipinski definition) is 1. The predicted octanol–water partition coefficient (Wildman–Crippen LogP) is 1.81. The van der Waals surface area contributed by atoms with Crippen molar-refractivity contribution < 1.29 is 8.42 Å². The predicted molar refractivity (Wildman–Crippen MR) is 78.9 cm³/mol. The van der Waals surface area contributed by atoms with Gasteiger partial charge >= 0.3 is 10.2 Å². The molecule has 0 aromatic heterocycles. The van der Waals surface area contributed by atoms with Crippen LogP contribution in [0.25, 0.3) is 0 Å². The summed E-state index contributed by atoms with van der Waals surface area (Å²) in [6.45, 7) is 3.99. The van der Waals surface area contributed by atoms with Gasteiger partial charge in [0.1, 0.15) is 0 Å². The quantitative estimate of drug-likeness (QED) is 0.917. The van der Waals surface area contributed by atoms with E-state index in [1.54, 1.807) is 0 Å². The Balaban J connectivity index is 2.27. The lowest BCUT2D eigenvalue weighted by Crippen LogP contribution is -2.29. The molecule has 1 fully saturated rings. The summed E-state index contributed by atoms with van der Waals surface area (Å²) in [5.41, 5.74) is 2.66. The van der Waals surface area contributed by atoms with Crippen molar-refractivity contribution in [1.29, 1.82) is 0 Å².